The molecule has 1 aromatic carbocycles. The Morgan fingerprint density at radius 2 is 1.32 bits per heavy atom. The third-order valence-electron chi connectivity index (χ3n) is 22.2. The predicted molar refractivity (Wildman–Crippen MR) is 344 cm³/mol. The molecule has 1 aromatic rings. The third-order valence-corrected chi connectivity index (χ3v) is 23.0. The second-order valence-corrected chi connectivity index (χ2v) is 29.6. The first-order chi connectivity index (χ1) is 49.7. The number of halogens is 2. The zero-order valence-electron chi connectivity index (χ0n) is 61.1. The van der Waals surface area contributed by atoms with Crippen molar-refractivity contribution in [1.82, 2.24) is 5.23 Å². The Bertz CT molecular complexity index is 3130. The molecule has 0 aromatic heterocycles. The summed E-state index contributed by atoms with van der Waals surface area (Å²) in [5.74, 6) is -5.58. The molecule has 12 rings (SSSR count). The van der Waals surface area contributed by atoms with Crippen molar-refractivity contribution in [2.75, 3.05) is 76.4 Å². The van der Waals surface area contributed by atoms with Crippen LogP contribution in [0, 0.1) is 6.92 Å². The van der Waals surface area contributed by atoms with Crippen molar-refractivity contribution in [3.63, 3.8) is 0 Å². The van der Waals surface area contributed by atoms with Crippen molar-refractivity contribution in [1.29, 1.82) is 0 Å². The molecule has 2 spiro atoms. The van der Waals surface area contributed by atoms with Crippen LogP contribution in [0.25, 0.3) is 0 Å². The van der Waals surface area contributed by atoms with Gasteiger partial charge in [-0.25, -0.2) is 4.79 Å². The smallest absolute Gasteiger partial charge is 0.342 e. The van der Waals surface area contributed by atoms with Crippen LogP contribution in [0.1, 0.15) is 90.6 Å². The number of benzene rings is 1. The van der Waals surface area contributed by atoms with Gasteiger partial charge in [-0.2, -0.15) is 0 Å². The van der Waals surface area contributed by atoms with Gasteiger partial charge in [0.15, 0.2) is 61.4 Å². The van der Waals surface area contributed by atoms with Gasteiger partial charge in [0, 0.05) is 55.5 Å². The van der Waals surface area contributed by atoms with Crippen molar-refractivity contribution in [3.8, 4) is 11.5 Å². The molecule has 600 valence electrons. The van der Waals surface area contributed by atoms with Gasteiger partial charge in [0.25, 0.3) is 5.97 Å². The largest absolute Gasteiger partial charge is 0.505 e. The molecule has 0 saturated carbocycles. The number of phenols is 1. The van der Waals surface area contributed by atoms with Gasteiger partial charge in [-0.3, -0.25) is 10.4 Å². The number of carbonyl (C=O) groups excluding carboxylic acids is 1. The van der Waals surface area contributed by atoms with Gasteiger partial charge in [-0.05, 0) is 67.9 Å². The van der Waals surface area contributed by atoms with Gasteiger partial charge in [-0.1, -0.05) is 28.4 Å². The lowest BCUT2D eigenvalue weighted by Crippen LogP contribution is -2.69. The van der Waals surface area contributed by atoms with E-state index in [1.54, 1.807) is 48.5 Å². The predicted octanol–water partition coefficient (Wildman–Crippen LogP) is 0.541. The number of methoxy groups -OCH3 is 7. The van der Waals surface area contributed by atoms with Gasteiger partial charge in [0.1, 0.15) is 132 Å². The van der Waals surface area contributed by atoms with Gasteiger partial charge < -0.3 is 159 Å². The van der Waals surface area contributed by atoms with E-state index in [1.165, 1.54) is 63.6 Å². The van der Waals surface area contributed by atoms with E-state index in [1.807, 2.05) is 0 Å². The summed E-state index contributed by atoms with van der Waals surface area (Å²) in [6.07, 6.45) is -37.3. The van der Waals surface area contributed by atoms with Crippen molar-refractivity contribution in [2.45, 2.75) is 301 Å². The summed E-state index contributed by atoms with van der Waals surface area (Å²) >= 11 is 12.8. The van der Waals surface area contributed by atoms with E-state index in [0.717, 1.165) is 0 Å². The number of hydrogen-bond donors (Lipinski definition) is 8. The molecular formula is C66H101Cl2NO36. The first-order valence-electron chi connectivity index (χ1n) is 34.9. The van der Waals surface area contributed by atoms with Crippen LogP contribution in [0.3, 0.4) is 0 Å². The van der Waals surface area contributed by atoms with E-state index >= 15 is 0 Å². The van der Waals surface area contributed by atoms with Crippen LogP contribution in [0.2, 0.25) is 10.0 Å². The Kier molecular flexibility index (Phi) is 25.2. The SMILES string of the molecule is COCC1OC(OC2OCC3OC4(OCC(O)(C(C)OC)C5OCOC54)OC3C2OC)C(OC)C(O)C1OC1OC(C)C(OC)C(OC2OC(C)C3OC4(CC(O)C(OC5CC(OC6CC(C)(N(O)O)C(OC)C(C)O6)C(OC(=O)c6c(C)c(Cl)c(O)c(Cl)c6OC)C(C)O5)C(C)O4)OC3(C)C2O)C1O. The number of ether oxygens (including phenoxy) is 27. The van der Waals surface area contributed by atoms with Crippen molar-refractivity contribution in [2.24, 2.45) is 0 Å². The molecule has 8 N–H and O–H groups in total. The molecular weight excluding hydrogens is 1450 g/mol. The standard InChI is InChI=1S/C66H101Cl2NO36/c1-24-37(48(82-13)39(68)40(71)38(24)67)57(75)97-44-25(2)90-35(17-32(44)94-36-19-62(8,69(77)78)53(85-16)28(5)91-36)96-43-27(4)101-65(18-31(43)70)104-54-29(6)93-61(52(74)63(54,9)105-65)99-49-42(73)58(92-26(3)45(49)81-12)98-46-33(20-79-10)95-60(50(83-14)41(46)72)100-59-51(84-15)47-34(21-86-59)102-66(103-47)56-55(87-23-88-56)64(76,22-89-66)30(7)80-11/h25-36,41-47,49-56,58-61,70-74,76-78H,17-23H2,1-16H3. The fourth-order valence-corrected chi connectivity index (χ4v) is 17.1. The topological polar surface area (TPSA) is 431 Å². The minimum atomic E-state index is -2.03. The van der Waals surface area contributed by atoms with Crippen molar-refractivity contribution < 1.29 is 174 Å². The molecule has 0 amide bonds. The number of rotatable bonds is 22. The lowest BCUT2D eigenvalue weighted by atomic mass is 9.85. The van der Waals surface area contributed by atoms with Crippen molar-refractivity contribution >= 4 is 29.2 Å². The second kappa shape index (κ2) is 32.2. The first-order valence-corrected chi connectivity index (χ1v) is 35.6. The Morgan fingerprint density at radius 3 is 1.98 bits per heavy atom. The number of aliphatic hydroxyl groups is 5. The van der Waals surface area contributed by atoms with E-state index in [9.17, 15) is 45.8 Å². The highest BCUT2D eigenvalue weighted by Gasteiger charge is 2.72. The highest BCUT2D eigenvalue weighted by molar-refractivity contribution is 6.39. The summed E-state index contributed by atoms with van der Waals surface area (Å²) in [6.45, 7) is 13.6. The first kappa shape index (κ1) is 82.0. The molecule has 105 heavy (non-hydrogen) atoms. The third kappa shape index (κ3) is 14.8. The van der Waals surface area contributed by atoms with E-state index < -0.39 is 237 Å². The molecule has 36 atom stereocenters. The lowest BCUT2D eigenvalue weighted by Gasteiger charge is -2.50. The van der Waals surface area contributed by atoms with Crippen LogP contribution in [-0.2, 0) is 123 Å². The van der Waals surface area contributed by atoms with E-state index in [2.05, 4.69) is 0 Å². The number of nitrogens with zero attached hydrogens (tertiary/aromatic N) is 1. The number of esters is 1. The molecule has 11 aliphatic heterocycles. The molecule has 37 nitrogen and oxygen atoms in total. The average molecular weight is 1560 g/mol. The minimum Gasteiger partial charge on any atom is -0.505 e. The number of phenolic OH excluding ortho intramolecular Hbond substituents is 1. The lowest BCUT2D eigenvalue weighted by molar-refractivity contribution is -0.422. The van der Waals surface area contributed by atoms with Gasteiger partial charge in [0.2, 0.25) is 0 Å². The highest BCUT2D eigenvalue weighted by atomic mass is 35.5. The Labute approximate surface area is 615 Å². The van der Waals surface area contributed by atoms with Crippen LogP contribution in [-0.4, -0.2) is 348 Å². The number of hydroxylamine groups is 2. The molecule has 39 heteroatoms. The van der Waals surface area contributed by atoms with E-state index in [4.69, 9.17) is 151 Å². The number of hydrogen-bond acceptors (Lipinski definition) is 37. The zero-order chi connectivity index (χ0) is 76.1. The molecule has 36 unspecified atom stereocenters. The monoisotopic (exact) mass is 1550 g/mol. The summed E-state index contributed by atoms with van der Waals surface area (Å²) < 4.78 is 167. The minimum absolute atomic E-state index is 0.0390. The maximum Gasteiger partial charge on any atom is 0.342 e. The van der Waals surface area contributed by atoms with Crippen LogP contribution in [0.15, 0.2) is 0 Å². The average Bonchev–Trinajstić information content (AvgIpc) is 1.57. The number of aliphatic hydroxyl groups excluding tert-OH is 4. The van der Waals surface area contributed by atoms with Gasteiger partial charge in [-0.15, -0.1) is 0 Å². The molecule has 11 fully saturated rings. The van der Waals surface area contributed by atoms with E-state index in [0.29, 0.717) is 0 Å². The Balaban J connectivity index is 0.697. The highest BCUT2D eigenvalue weighted by Crippen LogP contribution is 2.53. The molecule has 0 aliphatic carbocycles. The quantitative estimate of drug-likeness (QED) is 0.0580. The second-order valence-electron chi connectivity index (χ2n) is 28.8. The number of carbonyl (C=O) groups is 1. The molecule has 11 aliphatic rings. The number of fused-ring (bicyclic) bond motifs is 4. The Hall–Kier alpha value is -2.45. The summed E-state index contributed by atoms with van der Waals surface area (Å²) in [6, 6.07) is 0. The maximum atomic E-state index is 14.3. The van der Waals surface area contributed by atoms with Crippen LogP contribution in [0.4, 0.5) is 0 Å². The summed E-state index contributed by atoms with van der Waals surface area (Å²) in [4.78, 5) is 14.3. The summed E-state index contributed by atoms with van der Waals surface area (Å²) in [7, 11) is 9.60. The molecule has 0 bridgehead atoms. The van der Waals surface area contributed by atoms with E-state index in [-0.39, 0.29) is 71.6 Å². The Morgan fingerprint density at radius 1 is 0.648 bits per heavy atom. The van der Waals surface area contributed by atoms with Crippen molar-refractivity contribution in [3.05, 3.63) is 21.2 Å². The molecule has 11 saturated heterocycles. The fourth-order valence-electron chi connectivity index (χ4n) is 16.6. The van der Waals surface area contributed by atoms with Gasteiger partial charge >= 0.3 is 11.9 Å². The summed E-state index contributed by atoms with van der Waals surface area (Å²) in [5, 5.41) is 92.0. The fraction of sp³-hybridized carbons (Fsp3) is 0.894. The number of aromatic hydroxyl groups is 1. The van der Waals surface area contributed by atoms with Crippen LogP contribution in [0.5, 0.6) is 11.5 Å². The maximum absolute atomic E-state index is 14.3. The molecule has 0 radical (unpaired) electrons. The summed E-state index contributed by atoms with van der Waals surface area (Å²) in [5.41, 5.74) is -4.90. The van der Waals surface area contributed by atoms with Crippen LogP contribution >= 0.6 is 23.2 Å². The normalized spacial score (nSPS) is 48.8. The van der Waals surface area contributed by atoms with Crippen LogP contribution < -0.4 is 4.74 Å². The zero-order valence-corrected chi connectivity index (χ0v) is 62.6. The van der Waals surface area contributed by atoms with Gasteiger partial charge in [0.05, 0.1) is 81.1 Å². The molecule has 11 heterocycles.